The lowest BCUT2D eigenvalue weighted by Crippen LogP contribution is -2.20. The van der Waals surface area contributed by atoms with Gasteiger partial charge in [0.15, 0.2) is 0 Å². The summed E-state index contributed by atoms with van der Waals surface area (Å²) < 4.78 is 8.13. The fourth-order valence-electron chi connectivity index (χ4n) is 3.93. The topological polar surface area (TPSA) is 52.8 Å². The van der Waals surface area contributed by atoms with Crippen molar-refractivity contribution in [3.63, 3.8) is 0 Å². The van der Waals surface area contributed by atoms with E-state index in [2.05, 4.69) is 62.1 Å². The predicted octanol–water partition coefficient (Wildman–Crippen LogP) is 3.92. The molecule has 0 aliphatic carbocycles. The third kappa shape index (κ3) is 3.11. The maximum absolute atomic E-state index is 5.85. The van der Waals surface area contributed by atoms with Gasteiger partial charge in [0.25, 0.3) is 0 Å². The van der Waals surface area contributed by atoms with Crippen molar-refractivity contribution in [1.82, 2.24) is 19.5 Å². The highest BCUT2D eigenvalue weighted by Gasteiger charge is 2.31. The van der Waals surface area contributed by atoms with E-state index in [0.717, 1.165) is 35.3 Å². The highest BCUT2D eigenvalue weighted by atomic mass is 16.5. The Balaban J connectivity index is 1.48. The van der Waals surface area contributed by atoms with Crippen molar-refractivity contribution in [2.75, 3.05) is 13.2 Å². The minimum Gasteiger partial charge on any atom is -0.379 e. The van der Waals surface area contributed by atoms with Crippen molar-refractivity contribution in [3.05, 3.63) is 79.0 Å². The Bertz CT molecular complexity index is 1060. The maximum Gasteiger partial charge on any atom is 0.140 e. The third-order valence-corrected chi connectivity index (χ3v) is 5.30. The van der Waals surface area contributed by atoms with Gasteiger partial charge in [0.1, 0.15) is 5.82 Å². The van der Waals surface area contributed by atoms with Gasteiger partial charge in [-0.15, -0.1) is 0 Å². The average molecular weight is 356 g/mol. The number of benzene rings is 1. The van der Waals surface area contributed by atoms with Crippen LogP contribution >= 0.6 is 0 Å². The lowest BCUT2D eigenvalue weighted by molar-refractivity contribution is 0.181. The second kappa shape index (κ2) is 6.93. The zero-order valence-corrected chi connectivity index (χ0v) is 14.9. The molecule has 4 aromatic rings. The zero-order valence-electron chi connectivity index (χ0n) is 14.9. The molecule has 0 bridgehead atoms. The lowest BCUT2D eigenvalue weighted by atomic mass is 9.95. The van der Waals surface area contributed by atoms with Crippen LogP contribution in [0.5, 0.6) is 0 Å². The van der Waals surface area contributed by atoms with Crippen molar-refractivity contribution >= 4 is 10.9 Å². The van der Waals surface area contributed by atoms with Gasteiger partial charge < -0.3 is 9.30 Å². The summed E-state index contributed by atoms with van der Waals surface area (Å²) in [7, 11) is 0. The van der Waals surface area contributed by atoms with Crippen LogP contribution in [0, 0.1) is 5.92 Å². The van der Waals surface area contributed by atoms with Crippen LogP contribution in [0.15, 0.2) is 73.4 Å². The monoisotopic (exact) mass is 356 g/mol. The van der Waals surface area contributed by atoms with E-state index in [-0.39, 0.29) is 6.04 Å². The number of ether oxygens (including phenoxy) is 1. The largest absolute Gasteiger partial charge is 0.379 e. The Labute approximate surface area is 157 Å². The summed E-state index contributed by atoms with van der Waals surface area (Å²) in [4.78, 5) is 13.2. The molecule has 27 heavy (non-hydrogen) atoms. The number of aromatic nitrogens is 4. The van der Waals surface area contributed by atoms with Gasteiger partial charge in [-0.1, -0.05) is 6.07 Å². The summed E-state index contributed by atoms with van der Waals surface area (Å²) in [5, 5.41) is 1.13. The van der Waals surface area contributed by atoms with Crippen LogP contribution < -0.4 is 0 Å². The third-order valence-electron chi connectivity index (χ3n) is 5.30. The van der Waals surface area contributed by atoms with Crippen LogP contribution in [0.2, 0.25) is 0 Å². The van der Waals surface area contributed by atoms with E-state index in [4.69, 9.17) is 4.74 Å². The smallest absolute Gasteiger partial charge is 0.140 e. The molecule has 0 spiro atoms. The van der Waals surface area contributed by atoms with Crippen LogP contribution in [-0.2, 0) is 11.2 Å². The number of fused-ring (bicyclic) bond motifs is 1. The first-order valence-electron chi connectivity index (χ1n) is 9.23. The fourth-order valence-corrected chi connectivity index (χ4v) is 3.93. The molecule has 0 radical (unpaired) electrons. The predicted molar refractivity (Wildman–Crippen MR) is 104 cm³/mol. The first kappa shape index (κ1) is 16.1. The summed E-state index contributed by atoms with van der Waals surface area (Å²) in [5.41, 5.74) is 3.40. The SMILES string of the molecule is c1cnc2ccc(-c3nccn3[C@@H]3COC[C@H]3Cc3ccncc3)cc2c1. The quantitative estimate of drug-likeness (QED) is 0.556. The summed E-state index contributed by atoms with van der Waals surface area (Å²) >= 11 is 0. The van der Waals surface area contributed by atoms with Crippen molar-refractivity contribution in [2.45, 2.75) is 12.5 Å². The van der Waals surface area contributed by atoms with Gasteiger partial charge in [-0.2, -0.15) is 0 Å². The summed E-state index contributed by atoms with van der Waals surface area (Å²) in [6, 6.07) is 14.8. The van der Waals surface area contributed by atoms with E-state index in [0.29, 0.717) is 12.5 Å². The van der Waals surface area contributed by atoms with Crippen LogP contribution in [-0.4, -0.2) is 32.7 Å². The first-order chi connectivity index (χ1) is 13.4. The summed E-state index contributed by atoms with van der Waals surface area (Å²) in [5.74, 6) is 1.40. The Morgan fingerprint density at radius 3 is 2.81 bits per heavy atom. The minimum atomic E-state index is 0.278. The second-order valence-electron chi connectivity index (χ2n) is 6.99. The number of nitrogens with zero attached hydrogens (tertiary/aromatic N) is 4. The highest BCUT2D eigenvalue weighted by molar-refractivity contribution is 5.83. The van der Waals surface area contributed by atoms with E-state index in [9.17, 15) is 0 Å². The second-order valence-corrected chi connectivity index (χ2v) is 6.99. The van der Waals surface area contributed by atoms with Gasteiger partial charge in [-0.05, 0) is 48.4 Å². The van der Waals surface area contributed by atoms with Gasteiger partial charge in [-0.3, -0.25) is 9.97 Å². The molecule has 5 rings (SSSR count). The Hall–Kier alpha value is -3.05. The molecule has 0 amide bonds. The molecular weight excluding hydrogens is 336 g/mol. The Morgan fingerprint density at radius 2 is 1.89 bits per heavy atom. The minimum absolute atomic E-state index is 0.278. The van der Waals surface area contributed by atoms with Gasteiger partial charge >= 0.3 is 0 Å². The Morgan fingerprint density at radius 1 is 0.963 bits per heavy atom. The molecule has 5 nitrogen and oxygen atoms in total. The Kier molecular flexibility index (Phi) is 4.14. The van der Waals surface area contributed by atoms with Crippen molar-refractivity contribution in [3.8, 4) is 11.4 Å². The van der Waals surface area contributed by atoms with Gasteiger partial charge in [0.2, 0.25) is 0 Å². The van der Waals surface area contributed by atoms with Gasteiger partial charge in [0, 0.05) is 47.9 Å². The summed E-state index contributed by atoms with van der Waals surface area (Å²) in [6.07, 6.45) is 10.5. The molecule has 1 aliphatic heterocycles. The maximum atomic E-state index is 5.85. The number of pyridine rings is 2. The van der Waals surface area contributed by atoms with Crippen LogP contribution in [0.1, 0.15) is 11.6 Å². The van der Waals surface area contributed by atoms with E-state index in [1.807, 2.05) is 30.9 Å². The standard InChI is InChI=1S/C22H20N4O/c1-2-17-13-18(3-4-20(17)24-7-1)22-25-10-11-26(22)21-15-27-14-19(21)12-16-5-8-23-9-6-16/h1-11,13,19,21H,12,14-15H2/t19-,21-/m1/s1. The van der Waals surface area contributed by atoms with Gasteiger partial charge in [0.05, 0.1) is 24.8 Å². The van der Waals surface area contributed by atoms with E-state index < -0.39 is 0 Å². The number of hydrogen-bond acceptors (Lipinski definition) is 4. The normalized spacial score (nSPS) is 19.6. The van der Waals surface area contributed by atoms with E-state index in [1.165, 1.54) is 5.56 Å². The van der Waals surface area contributed by atoms with Crippen LogP contribution in [0.25, 0.3) is 22.3 Å². The molecule has 5 heteroatoms. The molecular formula is C22H20N4O. The average Bonchev–Trinajstić information content (AvgIpc) is 3.37. The molecule has 134 valence electrons. The molecule has 3 aromatic heterocycles. The van der Waals surface area contributed by atoms with Crippen LogP contribution in [0.3, 0.4) is 0 Å². The molecule has 0 unspecified atom stereocenters. The molecule has 2 atom stereocenters. The molecule has 0 saturated carbocycles. The fraction of sp³-hybridized carbons (Fsp3) is 0.227. The number of hydrogen-bond donors (Lipinski definition) is 0. The van der Waals surface area contributed by atoms with Crippen molar-refractivity contribution in [2.24, 2.45) is 5.92 Å². The van der Waals surface area contributed by atoms with Crippen molar-refractivity contribution in [1.29, 1.82) is 0 Å². The number of rotatable bonds is 4. The molecule has 1 aliphatic rings. The molecule has 4 heterocycles. The lowest BCUT2D eigenvalue weighted by Gasteiger charge is -2.21. The van der Waals surface area contributed by atoms with Crippen molar-refractivity contribution < 1.29 is 4.74 Å². The first-order valence-corrected chi connectivity index (χ1v) is 9.23. The molecule has 1 aromatic carbocycles. The molecule has 0 N–H and O–H groups in total. The van der Waals surface area contributed by atoms with E-state index in [1.54, 1.807) is 0 Å². The molecule has 1 fully saturated rings. The van der Waals surface area contributed by atoms with Crippen LogP contribution in [0.4, 0.5) is 0 Å². The van der Waals surface area contributed by atoms with Gasteiger partial charge in [-0.25, -0.2) is 4.98 Å². The summed E-state index contributed by atoms with van der Waals surface area (Å²) in [6.45, 7) is 1.49. The van der Waals surface area contributed by atoms with E-state index >= 15 is 0 Å². The number of imidazole rings is 1. The highest BCUT2D eigenvalue weighted by Crippen LogP contribution is 2.33. The molecule has 1 saturated heterocycles. The zero-order chi connectivity index (χ0) is 18.1.